The molecule has 0 aromatic carbocycles. The van der Waals surface area contributed by atoms with Crippen LogP contribution in [0, 0.1) is 11.8 Å². The van der Waals surface area contributed by atoms with Crippen molar-refractivity contribution in [2.24, 2.45) is 11.8 Å². The summed E-state index contributed by atoms with van der Waals surface area (Å²) in [7, 11) is 0. The molecule has 1 saturated heterocycles. The van der Waals surface area contributed by atoms with Crippen LogP contribution in [0.3, 0.4) is 0 Å². The maximum absolute atomic E-state index is 4.23. The van der Waals surface area contributed by atoms with E-state index in [1.54, 1.807) is 0 Å². The lowest BCUT2D eigenvalue weighted by Gasteiger charge is -2.33. The van der Waals surface area contributed by atoms with Gasteiger partial charge in [0.1, 0.15) is 0 Å². The van der Waals surface area contributed by atoms with Crippen molar-refractivity contribution in [2.75, 3.05) is 26.2 Å². The molecule has 3 rings (SSSR count). The summed E-state index contributed by atoms with van der Waals surface area (Å²) in [6.07, 6.45) is 2.19. The van der Waals surface area contributed by atoms with Crippen molar-refractivity contribution < 1.29 is 0 Å². The molecule has 2 aromatic rings. The highest BCUT2D eigenvalue weighted by Gasteiger charge is 2.21. The lowest BCUT2D eigenvalue weighted by atomic mass is 10.1. The zero-order valence-electron chi connectivity index (χ0n) is 17.7. The van der Waals surface area contributed by atoms with Crippen molar-refractivity contribution in [3.8, 4) is 0 Å². The molecule has 10 heteroatoms. The number of piperazine rings is 1. The van der Waals surface area contributed by atoms with Gasteiger partial charge in [-0.3, -0.25) is 9.80 Å². The van der Waals surface area contributed by atoms with Gasteiger partial charge in [-0.1, -0.05) is 27.7 Å². The summed E-state index contributed by atoms with van der Waals surface area (Å²) in [4.78, 5) is 4.85. The molecule has 0 atom stereocenters. The molecule has 10 nitrogen and oxygen atoms in total. The van der Waals surface area contributed by atoms with Gasteiger partial charge in [-0.2, -0.15) is 0 Å². The Hall–Kier alpha value is -1.94. The number of hydrogen-bond donors (Lipinski definition) is 0. The molecule has 28 heavy (non-hydrogen) atoms. The lowest BCUT2D eigenvalue weighted by molar-refractivity contribution is 0.115. The summed E-state index contributed by atoms with van der Waals surface area (Å²) < 4.78 is 3.91. The van der Waals surface area contributed by atoms with E-state index in [1.807, 2.05) is 9.36 Å². The van der Waals surface area contributed by atoms with Gasteiger partial charge in [-0.05, 0) is 45.5 Å². The van der Waals surface area contributed by atoms with Crippen LogP contribution in [0.25, 0.3) is 0 Å². The molecule has 0 unspecified atom stereocenters. The van der Waals surface area contributed by atoms with Crippen LogP contribution in [0.15, 0.2) is 0 Å². The Labute approximate surface area is 167 Å². The third-order valence-corrected chi connectivity index (χ3v) is 5.24. The fraction of sp³-hybridized carbons (Fsp3) is 0.889. The van der Waals surface area contributed by atoms with E-state index in [4.69, 9.17) is 0 Å². The van der Waals surface area contributed by atoms with E-state index < -0.39 is 0 Å². The Bertz CT molecular complexity index is 639. The van der Waals surface area contributed by atoms with Crippen LogP contribution in [0.4, 0.5) is 0 Å². The molecule has 0 spiro atoms. The molecule has 1 aliphatic rings. The summed E-state index contributed by atoms with van der Waals surface area (Å²) in [5.74, 6) is 3.23. The van der Waals surface area contributed by atoms with Gasteiger partial charge >= 0.3 is 0 Å². The van der Waals surface area contributed by atoms with Crippen molar-refractivity contribution in [1.29, 1.82) is 0 Å². The molecule has 1 aliphatic heterocycles. The number of hydrogen-bond acceptors (Lipinski definition) is 8. The second-order valence-electron chi connectivity index (χ2n) is 8.55. The van der Waals surface area contributed by atoms with E-state index in [2.05, 4.69) is 68.5 Å². The average molecular weight is 391 g/mol. The maximum Gasteiger partial charge on any atom is 0.165 e. The molecule has 3 heterocycles. The second kappa shape index (κ2) is 10.0. The normalized spacial score (nSPS) is 16.5. The molecule has 0 bridgehead atoms. The Kier molecular flexibility index (Phi) is 7.43. The number of nitrogens with zero attached hydrogens (tertiary/aromatic N) is 10. The minimum absolute atomic E-state index is 0.651. The highest BCUT2D eigenvalue weighted by molar-refractivity contribution is 4.86. The van der Waals surface area contributed by atoms with Crippen molar-refractivity contribution in [2.45, 2.75) is 66.7 Å². The summed E-state index contributed by atoms with van der Waals surface area (Å²) in [5.41, 5.74) is 0. The van der Waals surface area contributed by atoms with E-state index in [9.17, 15) is 0 Å². The van der Waals surface area contributed by atoms with Crippen molar-refractivity contribution in [3.05, 3.63) is 11.6 Å². The first kappa shape index (κ1) is 20.8. The third kappa shape index (κ3) is 6.03. The van der Waals surface area contributed by atoms with Gasteiger partial charge in [0.25, 0.3) is 0 Å². The molecule has 156 valence electrons. The summed E-state index contributed by atoms with van der Waals surface area (Å²) in [6, 6.07) is 0. The fourth-order valence-electron chi connectivity index (χ4n) is 3.29. The van der Waals surface area contributed by atoms with Gasteiger partial charge in [-0.25, -0.2) is 9.36 Å². The first-order chi connectivity index (χ1) is 13.5. The summed E-state index contributed by atoms with van der Waals surface area (Å²) in [6.45, 7) is 16.3. The Morgan fingerprint density at radius 1 is 0.679 bits per heavy atom. The minimum atomic E-state index is 0.651. The minimum Gasteiger partial charge on any atom is -0.293 e. The SMILES string of the molecule is CC(C)CCn1nnnc1CN1CCN(Cc2nnnn2CCC(C)C)CC1. The van der Waals surface area contributed by atoms with Crippen LogP contribution >= 0.6 is 0 Å². The van der Waals surface area contributed by atoms with E-state index in [0.29, 0.717) is 11.8 Å². The zero-order chi connectivity index (χ0) is 19.9. The summed E-state index contributed by atoms with van der Waals surface area (Å²) in [5, 5.41) is 24.5. The molecular formula is C18H34N10. The molecular weight excluding hydrogens is 356 g/mol. The topological polar surface area (TPSA) is 93.7 Å². The molecule has 0 aliphatic carbocycles. The van der Waals surface area contributed by atoms with Crippen LogP contribution in [0.5, 0.6) is 0 Å². The van der Waals surface area contributed by atoms with Gasteiger partial charge in [0.2, 0.25) is 0 Å². The maximum atomic E-state index is 4.23. The van der Waals surface area contributed by atoms with Crippen LogP contribution in [-0.4, -0.2) is 76.4 Å². The van der Waals surface area contributed by atoms with Crippen molar-refractivity contribution >= 4 is 0 Å². The highest BCUT2D eigenvalue weighted by Crippen LogP contribution is 2.11. The predicted octanol–water partition coefficient (Wildman–Crippen LogP) is 1.07. The fourth-order valence-corrected chi connectivity index (χ4v) is 3.29. The van der Waals surface area contributed by atoms with Gasteiger partial charge in [0, 0.05) is 39.3 Å². The van der Waals surface area contributed by atoms with Crippen molar-refractivity contribution in [3.63, 3.8) is 0 Å². The largest absolute Gasteiger partial charge is 0.293 e. The smallest absolute Gasteiger partial charge is 0.165 e. The van der Waals surface area contributed by atoms with E-state index in [0.717, 1.165) is 76.8 Å². The first-order valence-corrected chi connectivity index (χ1v) is 10.5. The van der Waals surface area contributed by atoms with Gasteiger partial charge in [-0.15, -0.1) is 10.2 Å². The van der Waals surface area contributed by atoms with E-state index in [1.165, 1.54) is 0 Å². The second-order valence-corrected chi connectivity index (χ2v) is 8.55. The Balaban J connectivity index is 1.45. The number of rotatable bonds is 10. The first-order valence-electron chi connectivity index (χ1n) is 10.5. The predicted molar refractivity (Wildman–Crippen MR) is 105 cm³/mol. The van der Waals surface area contributed by atoms with Crippen LogP contribution in [0.1, 0.15) is 52.2 Å². The monoisotopic (exact) mass is 390 g/mol. The Morgan fingerprint density at radius 3 is 1.43 bits per heavy atom. The number of aromatic nitrogens is 8. The standard InChI is InChI=1S/C18H34N10/c1-15(2)5-7-27-17(19-21-23-27)13-25-9-11-26(12-10-25)14-18-20-22-24-28(18)8-6-16(3)4/h15-16H,5-14H2,1-4H3. The molecule has 0 radical (unpaired) electrons. The zero-order valence-corrected chi connectivity index (χ0v) is 17.7. The van der Waals surface area contributed by atoms with Crippen molar-refractivity contribution in [1.82, 2.24) is 50.2 Å². The van der Waals surface area contributed by atoms with E-state index >= 15 is 0 Å². The van der Waals surface area contributed by atoms with Gasteiger partial charge in [0.15, 0.2) is 11.6 Å². The van der Waals surface area contributed by atoms with Crippen LogP contribution in [-0.2, 0) is 26.2 Å². The number of aryl methyl sites for hydroxylation is 2. The number of tetrazole rings is 2. The molecule has 2 aromatic heterocycles. The van der Waals surface area contributed by atoms with Crippen LogP contribution in [0.2, 0.25) is 0 Å². The average Bonchev–Trinajstić information content (AvgIpc) is 3.29. The molecule has 0 amide bonds. The summed E-state index contributed by atoms with van der Waals surface area (Å²) >= 11 is 0. The van der Waals surface area contributed by atoms with Gasteiger partial charge in [0.05, 0.1) is 13.1 Å². The highest BCUT2D eigenvalue weighted by atomic mass is 15.6. The lowest BCUT2D eigenvalue weighted by Crippen LogP contribution is -2.46. The molecule has 0 N–H and O–H groups in total. The quantitative estimate of drug-likeness (QED) is 0.595. The van der Waals surface area contributed by atoms with Crippen LogP contribution < -0.4 is 0 Å². The molecule has 0 saturated carbocycles. The molecule has 1 fully saturated rings. The van der Waals surface area contributed by atoms with Gasteiger partial charge < -0.3 is 0 Å². The Morgan fingerprint density at radius 2 is 1.07 bits per heavy atom. The third-order valence-electron chi connectivity index (χ3n) is 5.24. The van der Waals surface area contributed by atoms with E-state index in [-0.39, 0.29) is 0 Å².